The number of thioether (sulfide) groups is 1. The van der Waals surface area contributed by atoms with Crippen molar-refractivity contribution in [1.29, 1.82) is 0 Å². The molecule has 20 heavy (non-hydrogen) atoms. The molecule has 0 radical (unpaired) electrons. The largest absolute Gasteiger partial charge is 0.384 e. The molecule has 1 saturated heterocycles. The molecule has 1 amide bonds. The third-order valence-electron chi connectivity index (χ3n) is 3.31. The van der Waals surface area contributed by atoms with Gasteiger partial charge in [0.25, 0.3) is 5.91 Å². The topological polar surface area (TPSA) is 40.5 Å². The number of nitrogens with zero attached hydrogens (tertiary/aromatic N) is 1. The van der Waals surface area contributed by atoms with Crippen LogP contribution in [-0.4, -0.2) is 46.6 Å². The van der Waals surface area contributed by atoms with E-state index in [4.69, 9.17) is 5.11 Å². The number of hydrogen-bond acceptors (Lipinski definition) is 3. The van der Waals surface area contributed by atoms with Crippen molar-refractivity contribution in [3.05, 3.63) is 34.9 Å². The Balaban J connectivity index is 2.24. The Hall–Kier alpha value is -1.44. The van der Waals surface area contributed by atoms with Gasteiger partial charge in [-0.15, -0.1) is 0 Å². The molecule has 1 atom stereocenters. The highest BCUT2D eigenvalue weighted by Crippen LogP contribution is 2.21. The summed E-state index contributed by atoms with van der Waals surface area (Å²) in [5.41, 5.74) is 2.46. The molecule has 1 aromatic rings. The van der Waals surface area contributed by atoms with Gasteiger partial charge in [-0.25, -0.2) is 0 Å². The lowest BCUT2D eigenvalue weighted by molar-refractivity contribution is 0.0762. The Morgan fingerprint density at radius 3 is 3.05 bits per heavy atom. The highest BCUT2D eigenvalue weighted by atomic mass is 32.2. The van der Waals surface area contributed by atoms with Crippen LogP contribution in [0.2, 0.25) is 0 Å². The molecule has 1 heterocycles. The van der Waals surface area contributed by atoms with E-state index in [1.165, 1.54) is 0 Å². The zero-order chi connectivity index (χ0) is 14.5. The van der Waals surface area contributed by atoms with Crippen LogP contribution >= 0.6 is 11.8 Å². The van der Waals surface area contributed by atoms with Crippen LogP contribution in [0.25, 0.3) is 0 Å². The van der Waals surface area contributed by atoms with E-state index < -0.39 is 0 Å². The standard InChI is InChI=1S/C16H19NO2S/c1-12-5-6-14(4-3-8-18)10-15(12)16(19)17-7-9-20-13(2)11-17/h5-6,10,13,18H,7-9,11H2,1-2H3. The number of aryl methyl sites for hydroxylation is 1. The zero-order valence-corrected chi connectivity index (χ0v) is 12.7. The van der Waals surface area contributed by atoms with E-state index in [0.717, 1.165) is 30.0 Å². The number of carbonyl (C=O) groups excluding carboxylic acids is 1. The van der Waals surface area contributed by atoms with Crippen molar-refractivity contribution in [1.82, 2.24) is 4.90 Å². The van der Waals surface area contributed by atoms with Gasteiger partial charge in [-0.2, -0.15) is 11.8 Å². The average Bonchev–Trinajstić information content (AvgIpc) is 2.45. The van der Waals surface area contributed by atoms with Gasteiger partial charge in [-0.1, -0.05) is 24.8 Å². The fraction of sp³-hybridized carbons (Fsp3) is 0.438. The molecular weight excluding hydrogens is 270 g/mol. The van der Waals surface area contributed by atoms with Crippen LogP contribution in [0.15, 0.2) is 18.2 Å². The minimum Gasteiger partial charge on any atom is -0.384 e. The van der Waals surface area contributed by atoms with Gasteiger partial charge in [-0.3, -0.25) is 4.79 Å². The number of benzene rings is 1. The van der Waals surface area contributed by atoms with Crippen molar-refractivity contribution >= 4 is 17.7 Å². The second kappa shape index (κ2) is 6.83. The van der Waals surface area contributed by atoms with Crippen molar-refractivity contribution in [2.45, 2.75) is 19.1 Å². The van der Waals surface area contributed by atoms with Gasteiger partial charge in [0.15, 0.2) is 0 Å². The lowest BCUT2D eigenvalue weighted by Gasteiger charge is -2.31. The lowest BCUT2D eigenvalue weighted by Crippen LogP contribution is -2.41. The van der Waals surface area contributed by atoms with Gasteiger partial charge in [0.2, 0.25) is 0 Å². The molecule has 1 N–H and O–H groups in total. The van der Waals surface area contributed by atoms with Crippen LogP contribution in [0.4, 0.5) is 0 Å². The fourth-order valence-corrected chi connectivity index (χ4v) is 3.26. The number of carbonyl (C=O) groups is 1. The van der Waals surface area contributed by atoms with Crippen LogP contribution in [0.1, 0.15) is 28.4 Å². The summed E-state index contributed by atoms with van der Waals surface area (Å²) in [6, 6.07) is 5.62. The summed E-state index contributed by atoms with van der Waals surface area (Å²) in [5.74, 6) is 6.55. The van der Waals surface area contributed by atoms with Gasteiger partial charge in [-0.05, 0) is 24.6 Å². The first kappa shape index (κ1) is 15.0. The summed E-state index contributed by atoms with van der Waals surface area (Å²) in [6.45, 7) is 5.53. The third kappa shape index (κ3) is 3.56. The lowest BCUT2D eigenvalue weighted by atomic mass is 10.0. The molecule has 106 valence electrons. The monoisotopic (exact) mass is 289 g/mol. The highest BCUT2D eigenvalue weighted by Gasteiger charge is 2.23. The minimum absolute atomic E-state index is 0.0855. The molecule has 1 aromatic carbocycles. The predicted octanol–water partition coefficient (Wildman–Crippen LogP) is 1.92. The number of aliphatic hydroxyl groups is 1. The van der Waals surface area contributed by atoms with Gasteiger partial charge < -0.3 is 10.0 Å². The molecule has 3 nitrogen and oxygen atoms in total. The van der Waals surface area contributed by atoms with E-state index in [9.17, 15) is 4.79 Å². The van der Waals surface area contributed by atoms with E-state index in [2.05, 4.69) is 18.8 Å². The number of rotatable bonds is 1. The van der Waals surface area contributed by atoms with Gasteiger partial charge in [0.1, 0.15) is 6.61 Å². The predicted molar refractivity (Wildman–Crippen MR) is 83.0 cm³/mol. The maximum atomic E-state index is 12.6. The van der Waals surface area contributed by atoms with Crippen LogP contribution in [-0.2, 0) is 0 Å². The van der Waals surface area contributed by atoms with E-state index in [1.54, 1.807) is 0 Å². The van der Waals surface area contributed by atoms with Crippen molar-refractivity contribution in [3.63, 3.8) is 0 Å². The van der Waals surface area contributed by atoms with E-state index in [1.807, 2.05) is 41.8 Å². The molecule has 4 heteroatoms. The Kier molecular flexibility index (Phi) is 5.11. The Morgan fingerprint density at radius 1 is 1.55 bits per heavy atom. The van der Waals surface area contributed by atoms with Crippen molar-refractivity contribution in [3.8, 4) is 11.8 Å². The first-order valence-corrected chi connectivity index (χ1v) is 7.78. The van der Waals surface area contributed by atoms with Gasteiger partial charge in [0, 0.05) is 35.2 Å². The maximum absolute atomic E-state index is 12.6. The number of hydrogen-bond donors (Lipinski definition) is 1. The molecule has 0 aliphatic carbocycles. The molecule has 2 rings (SSSR count). The van der Waals surface area contributed by atoms with Crippen LogP contribution < -0.4 is 0 Å². The highest BCUT2D eigenvalue weighted by molar-refractivity contribution is 7.99. The fourth-order valence-electron chi connectivity index (χ4n) is 2.24. The molecule has 1 aliphatic rings. The normalized spacial score (nSPS) is 18.4. The Bertz CT molecular complexity index is 559. The van der Waals surface area contributed by atoms with Gasteiger partial charge >= 0.3 is 0 Å². The smallest absolute Gasteiger partial charge is 0.254 e. The average molecular weight is 289 g/mol. The second-order valence-electron chi connectivity index (χ2n) is 4.92. The molecule has 1 aliphatic heterocycles. The number of aliphatic hydroxyl groups excluding tert-OH is 1. The molecule has 0 saturated carbocycles. The van der Waals surface area contributed by atoms with Gasteiger partial charge in [0.05, 0.1) is 0 Å². The minimum atomic E-state index is -0.169. The first-order chi connectivity index (χ1) is 9.61. The molecule has 0 spiro atoms. The van der Waals surface area contributed by atoms with Crippen molar-refractivity contribution in [2.24, 2.45) is 0 Å². The summed E-state index contributed by atoms with van der Waals surface area (Å²) in [7, 11) is 0. The first-order valence-electron chi connectivity index (χ1n) is 6.73. The quantitative estimate of drug-likeness (QED) is 0.803. The summed E-state index contributed by atoms with van der Waals surface area (Å²) in [6.07, 6.45) is 0. The molecule has 1 fully saturated rings. The summed E-state index contributed by atoms with van der Waals surface area (Å²) >= 11 is 1.91. The van der Waals surface area contributed by atoms with E-state index >= 15 is 0 Å². The van der Waals surface area contributed by atoms with Crippen LogP contribution in [0.3, 0.4) is 0 Å². The van der Waals surface area contributed by atoms with Crippen molar-refractivity contribution < 1.29 is 9.90 Å². The molecule has 0 aromatic heterocycles. The summed E-state index contributed by atoms with van der Waals surface area (Å²) in [5, 5.41) is 9.23. The van der Waals surface area contributed by atoms with E-state index in [-0.39, 0.29) is 12.5 Å². The SMILES string of the molecule is Cc1ccc(C#CCO)cc1C(=O)N1CCSC(C)C1. The Labute approximate surface area is 124 Å². The third-order valence-corrected chi connectivity index (χ3v) is 4.44. The zero-order valence-electron chi connectivity index (χ0n) is 11.8. The summed E-state index contributed by atoms with van der Waals surface area (Å²) < 4.78 is 0. The van der Waals surface area contributed by atoms with E-state index in [0.29, 0.717) is 10.8 Å². The second-order valence-corrected chi connectivity index (χ2v) is 6.47. The molecule has 0 bridgehead atoms. The van der Waals surface area contributed by atoms with Crippen molar-refractivity contribution in [2.75, 3.05) is 25.4 Å². The Morgan fingerprint density at radius 2 is 2.35 bits per heavy atom. The van der Waals surface area contributed by atoms with Crippen LogP contribution in [0, 0.1) is 18.8 Å². The van der Waals surface area contributed by atoms with Crippen LogP contribution in [0.5, 0.6) is 0 Å². The molecular formula is C16H19NO2S. The molecule has 1 unspecified atom stereocenters. The maximum Gasteiger partial charge on any atom is 0.254 e. The number of amides is 1. The summed E-state index contributed by atoms with van der Waals surface area (Å²) in [4.78, 5) is 14.5.